The van der Waals surface area contributed by atoms with E-state index in [1.54, 1.807) is 0 Å². The molecule has 1 amide bonds. The Balaban J connectivity index is 2.44. The number of amides is 1. The van der Waals surface area contributed by atoms with Crippen molar-refractivity contribution in [2.45, 2.75) is 19.3 Å². The van der Waals surface area contributed by atoms with Crippen molar-refractivity contribution in [3.8, 4) is 5.75 Å². The number of rotatable bonds is 6. The summed E-state index contributed by atoms with van der Waals surface area (Å²) in [4.78, 5) is 11.7. The predicted octanol–water partition coefficient (Wildman–Crippen LogP) is 3.34. The van der Waals surface area contributed by atoms with Crippen molar-refractivity contribution in [3.05, 3.63) is 28.8 Å². The number of aromatic hydroxyl groups is 1. The molecule has 0 fully saturated rings. The van der Waals surface area contributed by atoms with Gasteiger partial charge in [-0.3, -0.25) is 4.79 Å². The first-order valence-corrected chi connectivity index (χ1v) is 6.97. The summed E-state index contributed by atoms with van der Waals surface area (Å²) in [6.45, 7) is 0.623. The third-order valence-electron chi connectivity index (χ3n) is 2.29. The number of carbonyl (C=O) groups is 1. The number of hydrogen-bond donors (Lipinski definition) is 2. The van der Waals surface area contributed by atoms with Crippen molar-refractivity contribution in [3.63, 3.8) is 0 Å². The van der Waals surface area contributed by atoms with Crippen LogP contribution in [0.5, 0.6) is 5.75 Å². The minimum absolute atomic E-state index is 0.0406. The molecule has 0 heterocycles. The first-order valence-electron chi connectivity index (χ1n) is 5.48. The number of phenolic OH excluding ortho intramolecular Hbond substituents is 1. The highest BCUT2D eigenvalue weighted by Crippen LogP contribution is 2.20. The summed E-state index contributed by atoms with van der Waals surface area (Å²) in [5, 5.41) is 13.4. The molecule has 0 aliphatic heterocycles. The Morgan fingerprint density at radius 2 is 2.12 bits per heavy atom. The lowest BCUT2D eigenvalue weighted by Gasteiger charge is -2.06. The number of alkyl halides is 1. The second kappa shape index (κ2) is 7.56. The summed E-state index contributed by atoms with van der Waals surface area (Å²) in [6, 6.07) is 4.34. The normalized spacial score (nSPS) is 10.2. The van der Waals surface area contributed by atoms with E-state index in [9.17, 15) is 9.90 Å². The van der Waals surface area contributed by atoms with E-state index < -0.39 is 0 Å². The smallest absolute Gasteiger partial charge is 0.252 e. The van der Waals surface area contributed by atoms with Gasteiger partial charge in [0.05, 0.1) is 10.6 Å². The Hall–Kier alpha value is -0.740. The molecule has 0 bridgehead atoms. The monoisotopic (exact) mass is 319 g/mol. The van der Waals surface area contributed by atoms with Gasteiger partial charge >= 0.3 is 0 Å². The van der Waals surface area contributed by atoms with Crippen LogP contribution in [0.15, 0.2) is 18.2 Å². The molecule has 3 nitrogen and oxygen atoms in total. The maximum atomic E-state index is 11.7. The van der Waals surface area contributed by atoms with E-state index in [0.29, 0.717) is 17.1 Å². The minimum atomic E-state index is -0.246. The Morgan fingerprint density at radius 1 is 1.35 bits per heavy atom. The average Bonchev–Trinajstić information content (AvgIpc) is 2.32. The summed E-state index contributed by atoms with van der Waals surface area (Å²) >= 11 is 9.23. The molecular formula is C12H15BrClNO2. The van der Waals surface area contributed by atoms with Crippen LogP contribution in [0.1, 0.15) is 29.6 Å². The molecule has 0 spiro atoms. The maximum Gasteiger partial charge on any atom is 0.252 e. The van der Waals surface area contributed by atoms with E-state index >= 15 is 0 Å². The van der Waals surface area contributed by atoms with E-state index in [1.165, 1.54) is 18.2 Å². The number of nitrogens with one attached hydrogen (secondary N) is 1. The van der Waals surface area contributed by atoms with Gasteiger partial charge in [-0.25, -0.2) is 0 Å². The van der Waals surface area contributed by atoms with Gasteiger partial charge in [-0.1, -0.05) is 34.0 Å². The second-order valence-electron chi connectivity index (χ2n) is 3.67. The Morgan fingerprint density at radius 3 is 2.82 bits per heavy atom. The maximum absolute atomic E-state index is 11.7. The summed E-state index contributed by atoms with van der Waals surface area (Å²) in [6.07, 6.45) is 3.11. The van der Waals surface area contributed by atoms with Gasteiger partial charge in [-0.15, -0.1) is 0 Å². The van der Waals surface area contributed by atoms with Crippen LogP contribution < -0.4 is 5.32 Å². The Bertz CT molecular complexity index is 385. The molecule has 0 saturated carbocycles. The Labute approximate surface area is 114 Å². The van der Waals surface area contributed by atoms with Crippen LogP contribution in [0.2, 0.25) is 5.02 Å². The van der Waals surface area contributed by atoms with E-state index in [2.05, 4.69) is 21.2 Å². The van der Waals surface area contributed by atoms with Crippen molar-refractivity contribution in [2.75, 3.05) is 11.9 Å². The van der Waals surface area contributed by atoms with Crippen LogP contribution in [0.3, 0.4) is 0 Å². The van der Waals surface area contributed by atoms with Gasteiger partial charge in [0, 0.05) is 11.9 Å². The van der Waals surface area contributed by atoms with E-state index in [4.69, 9.17) is 11.6 Å². The van der Waals surface area contributed by atoms with Gasteiger partial charge in [-0.05, 0) is 31.0 Å². The van der Waals surface area contributed by atoms with Gasteiger partial charge in [0.1, 0.15) is 5.75 Å². The molecule has 1 aromatic carbocycles. The molecular weight excluding hydrogens is 305 g/mol. The number of halogens is 2. The summed E-state index contributed by atoms with van der Waals surface area (Å²) in [5.74, 6) is -0.205. The minimum Gasteiger partial charge on any atom is -0.508 e. The predicted molar refractivity (Wildman–Crippen MR) is 73.1 cm³/mol. The zero-order chi connectivity index (χ0) is 12.7. The second-order valence-corrected chi connectivity index (χ2v) is 4.87. The fourth-order valence-corrected chi connectivity index (χ4v) is 1.98. The van der Waals surface area contributed by atoms with E-state index in [-0.39, 0.29) is 11.7 Å². The zero-order valence-electron chi connectivity index (χ0n) is 9.38. The standard InChI is InChI=1S/C12H15BrClNO2/c13-6-2-1-3-7-15-12(17)10-8-9(16)4-5-11(10)14/h4-5,8,16H,1-3,6-7H2,(H,15,17). The van der Waals surface area contributed by atoms with Gasteiger partial charge < -0.3 is 10.4 Å². The molecule has 0 radical (unpaired) electrons. The molecule has 0 aromatic heterocycles. The van der Waals surface area contributed by atoms with Crippen LogP contribution >= 0.6 is 27.5 Å². The van der Waals surface area contributed by atoms with Gasteiger partial charge in [0.2, 0.25) is 0 Å². The number of phenols is 1. The van der Waals surface area contributed by atoms with Crippen molar-refractivity contribution in [2.24, 2.45) is 0 Å². The highest BCUT2D eigenvalue weighted by atomic mass is 79.9. The number of benzene rings is 1. The summed E-state index contributed by atoms with van der Waals surface area (Å²) in [7, 11) is 0. The van der Waals surface area contributed by atoms with Gasteiger partial charge in [0.15, 0.2) is 0 Å². The molecule has 94 valence electrons. The van der Waals surface area contributed by atoms with Crippen molar-refractivity contribution >= 4 is 33.4 Å². The van der Waals surface area contributed by atoms with Crippen LogP contribution in [-0.2, 0) is 0 Å². The lowest BCUT2D eigenvalue weighted by molar-refractivity contribution is 0.0952. The quantitative estimate of drug-likeness (QED) is 0.624. The topological polar surface area (TPSA) is 49.3 Å². The first kappa shape index (κ1) is 14.3. The third kappa shape index (κ3) is 4.96. The lowest BCUT2D eigenvalue weighted by Crippen LogP contribution is -2.24. The molecule has 0 aliphatic rings. The SMILES string of the molecule is O=C(NCCCCCBr)c1cc(O)ccc1Cl. The van der Waals surface area contributed by atoms with Crippen molar-refractivity contribution in [1.82, 2.24) is 5.32 Å². The van der Waals surface area contributed by atoms with Crippen LogP contribution in [-0.4, -0.2) is 22.9 Å². The number of hydrogen-bond acceptors (Lipinski definition) is 2. The molecule has 2 N–H and O–H groups in total. The molecule has 5 heteroatoms. The fourth-order valence-electron chi connectivity index (χ4n) is 1.38. The molecule has 0 saturated heterocycles. The Kier molecular flexibility index (Phi) is 6.37. The van der Waals surface area contributed by atoms with Crippen LogP contribution in [0.25, 0.3) is 0 Å². The molecule has 17 heavy (non-hydrogen) atoms. The molecule has 1 aromatic rings. The van der Waals surface area contributed by atoms with Crippen molar-refractivity contribution in [1.29, 1.82) is 0 Å². The zero-order valence-corrected chi connectivity index (χ0v) is 11.7. The number of carbonyl (C=O) groups excluding carboxylic acids is 1. The highest BCUT2D eigenvalue weighted by molar-refractivity contribution is 9.09. The van der Waals surface area contributed by atoms with E-state index in [1.807, 2.05) is 0 Å². The summed E-state index contributed by atoms with van der Waals surface area (Å²) < 4.78 is 0. The summed E-state index contributed by atoms with van der Waals surface area (Å²) in [5.41, 5.74) is 0.312. The van der Waals surface area contributed by atoms with Gasteiger partial charge in [0.25, 0.3) is 5.91 Å². The van der Waals surface area contributed by atoms with E-state index in [0.717, 1.165) is 24.6 Å². The third-order valence-corrected chi connectivity index (χ3v) is 3.18. The largest absolute Gasteiger partial charge is 0.508 e. The van der Waals surface area contributed by atoms with Crippen LogP contribution in [0, 0.1) is 0 Å². The molecule has 0 unspecified atom stereocenters. The molecule has 0 aliphatic carbocycles. The lowest BCUT2D eigenvalue weighted by atomic mass is 10.2. The molecule has 1 rings (SSSR count). The average molecular weight is 321 g/mol. The van der Waals surface area contributed by atoms with Crippen molar-refractivity contribution < 1.29 is 9.90 Å². The van der Waals surface area contributed by atoms with Gasteiger partial charge in [-0.2, -0.15) is 0 Å². The fraction of sp³-hybridized carbons (Fsp3) is 0.417. The molecule has 0 atom stereocenters. The van der Waals surface area contributed by atoms with Crippen LogP contribution in [0.4, 0.5) is 0 Å². The highest BCUT2D eigenvalue weighted by Gasteiger charge is 2.10. The number of unbranched alkanes of at least 4 members (excludes halogenated alkanes) is 2. The first-order chi connectivity index (χ1) is 8.15.